The zero-order chi connectivity index (χ0) is 18.0. The van der Waals surface area contributed by atoms with E-state index < -0.39 is 0 Å². The Morgan fingerprint density at radius 3 is 2.64 bits per heavy atom. The van der Waals surface area contributed by atoms with Gasteiger partial charge >= 0.3 is 0 Å². The molecule has 0 amide bonds. The minimum absolute atomic E-state index is 0.00149. The topological polar surface area (TPSA) is 74.1 Å². The lowest BCUT2D eigenvalue weighted by molar-refractivity contribution is 0.451. The van der Waals surface area contributed by atoms with Gasteiger partial charge in [-0.1, -0.05) is 25.5 Å². The maximum Gasteiger partial charge on any atom is 0.200 e. The predicted molar refractivity (Wildman–Crippen MR) is 101 cm³/mol. The molecule has 0 saturated heterocycles. The molecule has 0 aliphatic heterocycles. The highest BCUT2D eigenvalue weighted by molar-refractivity contribution is 7.71. The average molecular weight is 355 g/mol. The van der Waals surface area contributed by atoms with Crippen LogP contribution in [0.3, 0.4) is 0 Å². The summed E-state index contributed by atoms with van der Waals surface area (Å²) in [5.41, 5.74) is 3.80. The van der Waals surface area contributed by atoms with Crippen molar-refractivity contribution in [3.63, 3.8) is 0 Å². The third-order valence-electron chi connectivity index (χ3n) is 4.22. The third kappa shape index (κ3) is 3.44. The van der Waals surface area contributed by atoms with Gasteiger partial charge < -0.3 is 10.2 Å². The summed E-state index contributed by atoms with van der Waals surface area (Å²) in [5, 5.41) is 26.7. The van der Waals surface area contributed by atoms with Crippen LogP contribution in [-0.2, 0) is 6.42 Å². The van der Waals surface area contributed by atoms with Crippen molar-refractivity contribution >= 4 is 12.2 Å². The highest BCUT2D eigenvalue weighted by atomic mass is 32.1. The van der Waals surface area contributed by atoms with E-state index in [2.05, 4.69) is 29.3 Å². The number of H-pyrrole nitrogens is 1. The summed E-state index contributed by atoms with van der Waals surface area (Å²) in [6, 6.07) is 10.7. The van der Waals surface area contributed by atoms with Gasteiger partial charge in [-0.2, -0.15) is 5.10 Å². The first kappa shape index (κ1) is 17.2. The number of hydrogen-bond acceptors (Lipinski definition) is 4. The molecule has 0 aliphatic rings. The number of phenolic OH excluding ortho intramolecular Hbond substituents is 2. The maximum atomic E-state index is 10.2. The van der Waals surface area contributed by atoms with Gasteiger partial charge in [0.1, 0.15) is 11.5 Å². The molecular formula is C19H21N3O2S. The molecule has 6 heteroatoms. The van der Waals surface area contributed by atoms with Gasteiger partial charge in [-0.25, -0.2) is 0 Å². The lowest BCUT2D eigenvalue weighted by Gasteiger charge is -2.12. The molecular weight excluding hydrogens is 334 g/mol. The first-order valence-electron chi connectivity index (χ1n) is 8.31. The minimum atomic E-state index is -0.0486. The summed E-state index contributed by atoms with van der Waals surface area (Å²) in [7, 11) is 0. The SMILES string of the molecule is CCCCc1ccc(-n2c(-c3ccc(O)cc3O)n[nH]c2=S)c(C)c1. The van der Waals surface area contributed by atoms with Crippen LogP contribution < -0.4 is 0 Å². The number of aromatic hydroxyl groups is 2. The molecule has 0 fully saturated rings. The minimum Gasteiger partial charge on any atom is -0.508 e. The molecule has 0 radical (unpaired) electrons. The van der Waals surface area contributed by atoms with E-state index >= 15 is 0 Å². The molecule has 3 rings (SSSR count). The number of aromatic amines is 1. The molecule has 0 bridgehead atoms. The monoisotopic (exact) mass is 355 g/mol. The fourth-order valence-electron chi connectivity index (χ4n) is 2.92. The molecule has 0 unspecified atom stereocenters. The molecule has 0 spiro atoms. The van der Waals surface area contributed by atoms with Crippen LogP contribution >= 0.6 is 12.2 Å². The van der Waals surface area contributed by atoms with E-state index in [1.54, 1.807) is 10.6 Å². The van der Waals surface area contributed by atoms with E-state index in [0.29, 0.717) is 16.2 Å². The maximum absolute atomic E-state index is 10.2. The molecule has 3 N–H and O–H groups in total. The molecule has 3 aromatic rings. The summed E-state index contributed by atoms with van der Waals surface area (Å²) in [6.45, 7) is 4.22. The highest BCUT2D eigenvalue weighted by Crippen LogP contribution is 2.33. The van der Waals surface area contributed by atoms with Crippen molar-refractivity contribution in [1.82, 2.24) is 14.8 Å². The molecule has 2 aromatic carbocycles. The molecule has 130 valence electrons. The summed E-state index contributed by atoms with van der Waals surface area (Å²) in [6.07, 6.45) is 3.38. The van der Waals surface area contributed by atoms with Crippen molar-refractivity contribution in [2.75, 3.05) is 0 Å². The Bertz CT molecular complexity index is 960. The number of phenols is 2. The van der Waals surface area contributed by atoms with Gasteiger partial charge in [-0.3, -0.25) is 9.67 Å². The summed E-state index contributed by atoms with van der Waals surface area (Å²) >= 11 is 5.40. The Labute approximate surface area is 151 Å². The van der Waals surface area contributed by atoms with Gasteiger partial charge in [0.25, 0.3) is 0 Å². The van der Waals surface area contributed by atoms with Gasteiger partial charge in [-0.15, -0.1) is 0 Å². The van der Waals surface area contributed by atoms with Crippen LogP contribution in [0.5, 0.6) is 11.5 Å². The van der Waals surface area contributed by atoms with Crippen LogP contribution in [0.1, 0.15) is 30.9 Å². The van der Waals surface area contributed by atoms with E-state index in [0.717, 1.165) is 30.5 Å². The molecule has 0 aliphatic carbocycles. The number of aryl methyl sites for hydroxylation is 2. The van der Waals surface area contributed by atoms with Gasteiger partial charge in [0, 0.05) is 6.07 Å². The standard InChI is InChI=1S/C19H21N3O2S/c1-3-4-5-13-6-9-16(12(2)10-13)22-18(20-21-19(22)25)15-8-7-14(23)11-17(15)24/h6-11,23-24H,3-5H2,1-2H3,(H,21,25). The van der Waals surface area contributed by atoms with Crippen LogP contribution in [0.25, 0.3) is 17.1 Å². The summed E-state index contributed by atoms with van der Waals surface area (Å²) < 4.78 is 2.26. The normalized spacial score (nSPS) is 11.0. The van der Waals surface area contributed by atoms with Gasteiger partial charge in [0.2, 0.25) is 0 Å². The molecule has 0 atom stereocenters. The van der Waals surface area contributed by atoms with Crippen LogP contribution in [-0.4, -0.2) is 25.0 Å². The van der Waals surface area contributed by atoms with E-state index in [1.807, 2.05) is 13.0 Å². The van der Waals surface area contributed by atoms with Crippen molar-refractivity contribution in [1.29, 1.82) is 0 Å². The molecule has 5 nitrogen and oxygen atoms in total. The Morgan fingerprint density at radius 2 is 1.96 bits per heavy atom. The second-order valence-corrected chi connectivity index (χ2v) is 6.50. The molecule has 0 saturated carbocycles. The molecule has 1 aromatic heterocycles. The van der Waals surface area contributed by atoms with E-state index in [-0.39, 0.29) is 11.5 Å². The summed E-state index contributed by atoms with van der Waals surface area (Å²) in [4.78, 5) is 0. The Balaban J connectivity index is 2.10. The van der Waals surface area contributed by atoms with Crippen LogP contribution in [0.15, 0.2) is 36.4 Å². The zero-order valence-corrected chi connectivity index (χ0v) is 15.1. The van der Waals surface area contributed by atoms with Crippen LogP contribution in [0.4, 0.5) is 0 Å². The Kier molecular flexibility index (Phi) is 4.90. The number of rotatable bonds is 5. The highest BCUT2D eigenvalue weighted by Gasteiger charge is 2.16. The van der Waals surface area contributed by atoms with Crippen LogP contribution in [0.2, 0.25) is 0 Å². The van der Waals surface area contributed by atoms with Crippen molar-refractivity contribution in [3.05, 3.63) is 52.3 Å². The first-order valence-corrected chi connectivity index (χ1v) is 8.71. The number of unbranched alkanes of at least 4 members (excludes halogenated alkanes) is 1. The van der Waals surface area contributed by atoms with Crippen molar-refractivity contribution in [2.45, 2.75) is 33.1 Å². The lowest BCUT2D eigenvalue weighted by atomic mass is 10.0. The quantitative estimate of drug-likeness (QED) is 0.582. The fourth-order valence-corrected chi connectivity index (χ4v) is 3.15. The van der Waals surface area contributed by atoms with Gasteiger partial charge in [-0.05, 0) is 61.3 Å². The van der Waals surface area contributed by atoms with Crippen molar-refractivity contribution in [2.24, 2.45) is 0 Å². The first-order chi connectivity index (χ1) is 12.0. The van der Waals surface area contributed by atoms with Gasteiger partial charge in [0.15, 0.2) is 10.6 Å². The van der Waals surface area contributed by atoms with Crippen molar-refractivity contribution in [3.8, 4) is 28.6 Å². The summed E-state index contributed by atoms with van der Waals surface area (Å²) in [5.74, 6) is 0.456. The lowest BCUT2D eigenvalue weighted by Crippen LogP contribution is -2.01. The molecule has 25 heavy (non-hydrogen) atoms. The number of benzene rings is 2. The van der Waals surface area contributed by atoms with Gasteiger partial charge in [0.05, 0.1) is 11.3 Å². The predicted octanol–water partition coefficient (Wildman–Crippen LogP) is 4.66. The largest absolute Gasteiger partial charge is 0.508 e. The Hall–Kier alpha value is -2.60. The van der Waals surface area contributed by atoms with E-state index in [1.165, 1.54) is 17.7 Å². The number of nitrogens with one attached hydrogen (secondary N) is 1. The van der Waals surface area contributed by atoms with E-state index in [4.69, 9.17) is 12.2 Å². The number of aromatic nitrogens is 3. The smallest absolute Gasteiger partial charge is 0.200 e. The number of nitrogens with zero attached hydrogens (tertiary/aromatic N) is 2. The third-order valence-corrected chi connectivity index (χ3v) is 4.49. The molecule has 1 heterocycles. The second-order valence-electron chi connectivity index (χ2n) is 6.11. The van der Waals surface area contributed by atoms with E-state index in [9.17, 15) is 10.2 Å². The number of hydrogen-bond donors (Lipinski definition) is 3. The Morgan fingerprint density at radius 1 is 1.16 bits per heavy atom. The fraction of sp³-hybridized carbons (Fsp3) is 0.263. The van der Waals surface area contributed by atoms with Crippen LogP contribution in [0, 0.1) is 11.7 Å². The van der Waals surface area contributed by atoms with Crippen molar-refractivity contribution < 1.29 is 10.2 Å². The zero-order valence-electron chi connectivity index (χ0n) is 14.3. The second kappa shape index (κ2) is 7.11. The average Bonchev–Trinajstić information content (AvgIpc) is 2.94.